The molecule has 0 nitrogen and oxygen atoms in total. The van der Waals surface area contributed by atoms with Gasteiger partial charge in [0.05, 0.1) is 0 Å². The van der Waals surface area contributed by atoms with Crippen molar-refractivity contribution in [2.24, 2.45) is 40.4 Å². The Morgan fingerprint density at radius 1 is 0.818 bits per heavy atom. The first-order chi connectivity index (χ1) is 10.6. The molecule has 0 aliphatic heterocycles. The van der Waals surface area contributed by atoms with Gasteiger partial charge in [-0.2, -0.15) is 0 Å². The van der Waals surface area contributed by atoms with E-state index in [9.17, 15) is 0 Å². The van der Waals surface area contributed by atoms with E-state index in [0.29, 0.717) is 5.41 Å². The monoisotopic (exact) mass is 302 g/mol. The zero-order valence-corrected chi connectivity index (χ0v) is 15.4. The van der Waals surface area contributed by atoms with Crippen LogP contribution >= 0.6 is 0 Å². The highest BCUT2D eigenvalue weighted by atomic mass is 14.6. The fourth-order valence-electron chi connectivity index (χ4n) is 8.03. The van der Waals surface area contributed by atoms with Crippen molar-refractivity contribution in [3.05, 3.63) is 0 Å². The highest BCUT2D eigenvalue weighted by Gasteiger charge is 2.56. The van der Waals surface area contributed by atoms with Gasteiger partial charge in [0.25, 0.3) is 0 Å². The quantitative estimate of drug-likeness (QED) is 0.497. The molecule has 4 aliphatic rings. The van der Waals surface area contributed by atoms with E-state index in [0.717, 1.165) is 35.0 Å². The van der Waals surface area contributed by atoms with Gasteiger partial charge in [0, 0.05) is 0 Å². The summed E-state index contributed by atoms with van der Waals surface area (Å²) in [5.74, 6) is 5.38. The van der Waals surface area contributed by atoms with Crippen LogP contribution in [0.3, 0.4) is 0 Å². The Kier molecular flexibility index (Phi) is 3.90. The van der Waals surface area contributed by atoms with Crippen molar-refractivity contribution in [3.63, 3.8) is 0 Å². The van der Waals surface area contributed by atoms with Crippen molar-refractivity contribution < 1.29 is 0 Å². The molecule has 4 fully saturated rings. The minimum atomic E-state index is 0.706. The third kappa shape index (κ3) is 2.22. The van der Waals surface area contributed by atoms with Gasteiger partial charge in [-0.05, 0) is 91.8 Å². The Labute approximate surface area is 138 Å². The summed E-state index contributed by atoms with van der Waals surface area (Å²) in [7, 11) is 0. The second-order valence-corrected chi connectivity index (χ2v) is 10.2. The fraction of sp³-hybridized carbons (Fsp3) is 1.00. The van der Waals surface area contributed by atoms with Gasteiger partial charge < -0.3 is 0 Å². The maximum Gasteiger partial charge on any atom is -0.0266 e. The van der Waals surface area contributed by atoms with E-state index in [-0.39, 0.29) is 0 Å². The SMILES string of the molecule is CC[C@H]1CC[C@H]2[C@@H]3CC[C@H]4CCCC[C@]4(C)[C@H]3CC[C@]2(C)C1. The summed E-state index contributed by atoms with van der Waals surface area (Å²) in [4.78, 5) is 0. The average molecular weight is 303 g/mol. The first-order valence-electron chi connectivity index (χ1n) is 10.6. The summed E-state index contributed by atoms with van der Waals surface area (Å²) in [6, 6.07) is 0. The second kappa shape index (κ2) is 5.52. The minimum Gasteiger partial charge on any atom is -0.0651 e. The van der Waals surface area contributed by atoms with Crippen molar-refractivity contribution in [2.75, 3.05) is 0 Å². The summed E-state index contributed by atoms with van der Waals surface area (Å²) in [6.07, 6.45) is 18.5. The summed E-state index contributed by atoms with van der Waals surface area (Å²) in [5.41, 5.74) is 1.43. The molecule has 0 N–H and O–H groups in total. The van der Waals surface area contributed by atoms with E-state index in [1.165, 1.54) is 19.3 Å². The third-order valence-corrected chi connectivity index (χ3v) is 9.32. The summed E-state index contributed by atoms with van der Waals surface area (Å²) in [5, 5.41) is 0. The van der Waals surface area contributed by atoms with E-state index in [2.05, 4.69) is 20.8 Å². The van der Waals surface area contributed by atoms with Crippen LogP contribution in [0.15, 0.2) is 0 Å². The van der Waals surface area contributed by atoms with Crippen molar-refractivity contribution in [1.29, 1.82) is 0 Å². The summed E-state index contributed by atoms with van der Waals surface area (Å²) in [6.45, 7) is 7.83. The topological polar surface area (TPSA) is 0 Å². The number of rotatable bonds is 1. The molecule has 0 bridgehead atoms. The molecule has 0 spiro atoms. The van der Waals surface area contributed by atoms with Crippen LogP contribution in [0.25, 0.3) is 0 Å². The molecule has 0 aromatic rings. The normalized spacial score (nSPS) is 55.0. The van der Waals surface area contributed by atoms with Crippen LogP contribution in [0.5, 0.6) is 0 Å². The van der Waals surface area contributed by atoms with Crippen molar-refractivity contribution in [1.82, 2.24) is 0 Å². The van der Waals surface area contributed by atoms with Gasteiger partial charge in [-0.1, -0.05) is 46.5 Å². The molecule has 0 radical (unpaired) electrons. The summed E-state index contributed by atoms with van der Waals surface area (Å²) < 4.78 is 0. The van der Waals surface area contributed by atoms with E-state index in [1.54, 1.807) is 57.8 Å². The molecular formula is C22H38. The van der Waals surface area contributed by atoms with Crippen LogP contribution in [0.2, 0.25) is 0 Å². The lowest BCUT2D eigenvalue weighted by molar-refractivity contribution is -0.130. The van der Waals surface area contributed by atoms with Gasteiger partial charge in [-0.3, -0.25) is 0 Å². The Hall–Kier alpha value is 0. The van der Waals surface area contributed by atoms with Crippen molar-refractivity contribution in [2.45, 2.75) is 97.8 Å². The predicted octanol–water partition coefficient (Wildman–Crippen LogP) is 6.84. The molecule has 0 aromatic carbocycles. The lowest BCUT2D eigenvalue weighted by Gasteiger charge is -2.62. The molecule has 0 amide bonds. The molecule has 0 aromatic heterocycles. The number of fused-ring (bicyclic) bond motifs is 5. The maximum absolute atomic E-state index is 2.72. The lowest BCUT2D eigenvalue weighted by Crippen LogP contribution is -2.54. The van der Waals surface area contributed by atoms with Crippen molar-refractivity contribution in [3.8, 4) is 0 Å². The zero-order chi connectivity index (χ0) is 15.4. The van der Waals surface area contributed by atoms with Gasteiger partial charge in [0.1, 0.15) is 0 Å². The van der Waals surface area contributed by atoms with Crippen molar-refractivity contribution >= 4 is 0 Å². The first kappa shape index (κ1) is 15.5. The smallest absolute Gasteiger partial charge is 0.0266 e. The standard InChI is InChI=1S/C22H38/c1-4-16-8-11-19-18-10-9-17-7-5-6-13-22(17,3)20(18)12-14-21(19,2)15-16/h16-20H,4-15H2,1-3H3/t16-,17+,18-,19-,20-,21+,22-/m0/s1. The largest absolute Gasteiger partial charge is 0.0651 e. The Morgan fingerprint density at radius 2 is 1.68 bits per heavy atom. The van der Waals surface area contributed by atoms with E-state index in [1.807, 2.05) is 0 Å². The van der Waals surface area contributed by atoms with Gasteiger partial charge in [-0.25, -0.2) is 0 Å². The fourth-order valence-corrected chi connectivity index (χ4v) is 8.03. The van der Waals surface area contributed by atoms with E-state index in [4.69, 9.17) is 0 Å². The molecule has 22 heavy (non-hydrogen) atoms. The molecule has 126 valence electrons. The molecular weight excluding hydrogens is 264 g/mol. The van der Waals surface area contributed by atoms with E-state index < -0.39 is 0 Å². The predicted molar refractivity (Wildman–Crippen MR) is 94.7 cm³/mol. The maximum atomic E-state index is 2.72. The Balaban J connectivity index is 1.58. The van der Waals surface area contributed by atoms with Crippen LogP contribution < -0.4 is 0 Å². The molecule has 4 saturated carbocycles. The minimum absolute atomic E-state index is 0.706. The lowest BCUT2D eigenvalue weighted by atomic mass is 9.42. The molecule has 0 saturated heterocycles. The number of hydrogen-bond donors (Lipinski definition) is 0. The zero-order valence-electron chi connectivity index (χ0n) is 15.4. The average Bonchev–Trinajstić information content (AvgIpc) is 2.52. The van der Waals surface area contributed by atoms with Gasteiger partial charge in [-0.15, -0.1) is 0 Å². The first-order valence-corrected chi connectivity index (χ1v) is 10.6. The van der Waals surface area contributed by atoms with Gasteiger partial charge >= 0.3 is 0 Å². The van der Waals surface area contributed by atoms with Gasteiger partial charge in [0.15, 0.2) is 0 Å². The highest BCUT2D eigenvalue weighted by Crippen LogP contribution is 2.65. The van der Waals surface area contributed by atoms with E-state index >= 15 is 0 Å². The van der Waals surface area contributed by atoms with Crippen LogP contribution in [0.1, 0.15) is 97.8 Å². The van der Waals surface area contributed by atoms with Crippen LogP contribution in [0.4, 0.5) is 0 Å². The molecule has 0 heterocycles. The highest BCUT2D eigenvalue weighted by molar-refractivity contribution is 5.06. The Morgan fingerprint density at radius 3 is 2.50 bits per heavy atom. The summed E-state index contributed by atoms with van der Waals surface area (Å²) >= 11 is 0. The Bertz CT molecular complexity index is 412. The second-order valence-electron chi connectivity index (χ2n) is 10.2. The van der Waals surface area contributed by atoms with Crippen LogP contribution in [0, 0.1) is 40.4 Å². The molecule has 7 atom stereocenters. The molecule has 4 aliphatic carbocycles. The molecule has 4 rings (SSSR count). The third-order valence-electron chi connectivity index (χ3n) is 9.32. The van der Waals surface area contributed by atoms with Crippen LogP contribution in [-0.4, -0.2) is 0 Å². The number of hydrogen-bond acceptors (Lipinski definition) is 0. The molecule has 0 unspecified atom stereocenters. The van der Waals surface area contributed by atoms with Crippen LogP contribution in [-0.2, 0) is 0 Å². The molecule has 0 heteroatoms. The van der Waals surface area contributed by atoms with Gasteiger partial charge in [0.2, 0.25) is 0 Å².